The molecule has 1 fully saturated rings. The molecule has 2 aromatic carbocycles. The zero-order chi connectivity index (χ0) is 23.0. The van der Waals surface area contributed by atoms with Gasteiger partial charge in [0.05, 0.1) is 18.6 Å². The van der Waals surface area contributed by atoms with Gasteiger partial charge in [0.1, 0.15) is 18.1 Å². The molecule has 0 aromatic heterocycles. The first-order valence-electron chi connectivity index (χ1n) is 10.7. The maximum Gasteiger partial charge on any atom is 0.243 e. The first-order chi connectivity index (χ1) is 15.4. The minimum atomic E-state index is -3.54. The molecule has 3 rings (SSSR count). The maximum atomic E-state index is 13.0. The summed E-state index contributed by atoms with van der Waals surface area (Å²) in [5.74, 6) is 1.11. The van der Waals surface area contributed by atoms with Crippen molar-refractivity contribution < 1.29 is 22.7 Å². The summed E-state index contributed by atoms with van der Waals surface area (Å²) in [5.41, 5.74) is 0.693. The van der Waals surface area contributed by atoms with E-state index in [1.807, 2.05) is 0 Å². The zero-order valence-electron chi connectivity index (χ0n) is 18.2. The predicted octanol–water partition coefficient (Wildman–Crippen LogP) is 3.65. The average Bonchev–Trinajstić information content (AvgIpc) is 2.82. The van der Waals surface area contributed by atoms with Crippen LogP contribution in [0.5, 0.6) is 11.5 Å². The summed E-state index contributed by atoms with van der Waals surface area (Å²) in [6, 6.07) is 11.9. The molecule has 0 atom stereocenters. The van der Waals surface area contributed by atoms with Gasteiger partial charge in [-0.25, -0.2) is 8.42 Å². The molecule has 32 heavy (non-hydrogen) atoms. The summed E-state index contributed by atoms with van der Waals surface area (Å²) >= 11 is 5.84. The second-order valence-corrected chi connectivity index (χ2v) is 9.97. The van der Waals surface area contributed by atoms with Gasteiger partial charge >= 0.3 is 0 Å². The Labute approximate surface area is 194 Å². The molecule has 2 aromatic rings. The number of benzene rings is 2. The highest BCUT2D eigenvalue weighted by Gasteiger charge is 2.26. The molecule has 7 nitrogen and oxygen atoms in total. The molecule has 0 bridgehead atoms. The largest absolute Gasteiger partial charge is 0.496 e. The number of rotatable bonds is 10. The van der Waals surface area contributed by atoms with Crippen molar-refractivity contribution in [2.75, 3.05) is 33.4 Å². The van der Waals surface area contributed by atoms with Crippen molar-refractivity contribution in [3.05, 3.63) is 53.1 Å². The number of amides is 1. The van der Waals surface area contributed by atoms with Gasteiger partial charge in [-0.15, -0.1) is 0 Å². The second kappa shape index (κ2) is 11.5. The lowest BCUT2D eigenvalue weighted by atomic mass is 10.1. The Morgan fingerprint density at radius 2 is 1.81 bits per heavy atom. The molecule has 1 saturated heterocycles. The molecule has 0 radical (unpaired) electrons. The van der Waals surface area contributed by atoms with E-state index >= 15 is 0 Å². The maximum absolute atomic E-state index is 13.0. The molecule has 1 amide bonds. The van der Waals surface area contributed by atoms with Gasteiger partial charge in [0, 0.05) is 24.5 Å². The van der Waals surface area contributed by atoms with Crippen molar-refractivity contribution in [1.82, 2.24) is 9.62 Å². The topological polar surface area (TPSA) is 84.9 Å². The number of halogens is 1. The molecule has 0 spiro atoms. The van der Waals surface area contributed by atoms with Crippen LogP contribution >= 0.6 is 11.6 Å². The molecule has 1 aliphatic heterocycles. The Kier molecular flexibility index (Phi) is 8.78. The Hall–Kier alpha value is -2.29. The standard InChI is InChI=1S/C23H29ClN2O5S/c1-30-22-11-10-21(32(28,29)26-14-3-2-4-15-26)17-18(22)5-12-23(27)25-13-16-31-20-8-6-19(24)7-9-20/h6-11,17H,2-5,12-16H2,1H3,(H,25,27). The van der Waals surface area contributed by atoms with Gasteiger partial charge in [0.15, 0.2) is 0 Å². The summed E-state index contributed by atoms with van der Waals surface area (Å²) in [5, 5.41) is 3.44. The molecule has 1 N–H and O–H groups in total. The molecule has 1 heterocycles. The third kappa shape index (κ3) is 6.60. The predicted molar refractivity (Wildman–Crippen MR) is 124 cm³/mol. The summed E-state index contributed by atoms with van der Waals surface area (Å²) in [4.78, 5) is 12.5. The minimum Gasteiger partial charge on any atom is -0.496 e. The van der Waals surface area contributed by atoms with Crippen LogP contribution in [0.1, 0.15) is 31.2 Å². The number of carbonyl (C=O) groups is 1. The summed E-state index contributed by atoms with van der Waals surface area (Å²) in [6.07, 6.45) is 3.40. The van der Waals surface area contributed by atoms with E-state index in [0.717, 1.165) is 19.3 Å². The van der Waals surface area contributed by atoms with Crippen molar-refractivity contribution in [3.63, 3.8) is 0 Å². The van der Waals surface area contributed by atoms with E-state index in [1.165, 1.54) is 11.4 Å². The second-order valence-electron chi connectivity index (χ2n) is 7.59. The van der Waals surface area contributed by atoms with Crippen LogP contribution in [0.15, 0.2) is 47.4 Å². The van der Waals surface area contributed by atoms with Gasteiger partial charge in [-0.2, -0.15) is 4.31 Å². The Morgan fingerprint density at radius 1 is 1.09 bits per heavy atom. The van der Waals surface area contributed by atoms with E-state index < -0.39 is 10.0 Å². The summed E-state index contributed by atoms with van der Waals surface area (Å²) in [7, 11) is -2.01. The van der Waals surface area contributed by atoms with E-state index in [0.29, 0.717) is 54.7 Å². The third-order valence-electron chi connectivity index (χ3n) is 5.33. The fourth-order valence-electron chi connectivity index (χ4n) is 3.59. The highest BCUT2D eigenvalue weighted by Crippen LogP contribution is 2.27. The first-order valence-corrected chi connectivity index (χ1v) is 12.5. The highest BCUT2D eigenvalue weighted by atomic mass is 35.5. The van der Waals surface area contributed by atoms with Gasteiger partial charge in [0.25, 0.3) is 0 Å². The lowest BCUT2D eigenvalue weighted by molar-refractivity contribution is -0.121. The van der Waals surface area contributed by atoms with Gasteiger partial charge in [-0.3, -0.25) is 4.79 Å². The average molecular weight is 481 g/mol. The van der Waals surface area contributed by atoms with E-state index in [-0.39, 0.29) is 17.2 Å². The molecule has 9 heteroatoms. The molecule has 0 unspecified atom stereocenters. The van der Waals surface area contributed by atoms with E-state index in [9.17, 15) is 13.2 Å². The molecule has 174 valence electrons. The fourth-order valence-corrected chi connectivity index (χ4v) is 5.29. The smallest absolute Gasteiger partial charge is 0.243 e. The Balaban J connectivity index is 1.53. The van der Waals surface area contributed by atoms with Gasteiger partial charge in [-0.1, -0.05) is 18.0 Å². The Morgan fingerprint density at radius 3 is 2.50 bits per heavy atom. The molecule has 0 saturated carbocycles. The van der Waals surface area contributed by atoms with Crippen LogP contribution in [0.3, 0.4) is 0 Å². The lowest BCUT2D eigenvalue weighted by Crippen LogP contribution is -2.35. The van der Waals surface area contributed by atoms with Crippen molar-refractivity contribution in [1.29, 1.82) is 0 Å². The van der Waals surface area contributed by atoms with Crippen LogP contribution in [0.4, 0.5) is 0 Å². The van der Waals surface area contributed by atoms with Gasteiger partial charge < -0.3 is 14.8 Å². The molecule has 0 aliphatic carbocycles. The molecule has 1 aliphatic rings. The van der Waals surface area contributed by atoms with Crippen LogP contribution in [0.25, 0.3) is 0 Å². The number of nitrogens with one attached hydrogen (secondary N) is 1. The number of aryl methyl sites for hydroxylation is 1. The Bertz CT molecular complexity index is 1010. The quantitative estimate of drug-likeness (QED) is 0.525. The number of ether oxygens (including phenoxy) is 2. The number of hydrogen-bond acceptors (Lipinski definition) is 5. The third-order valence-corrected chi connectivity index (χ3v) is 7.48. The number of carbonyl (C=O) groups excluding carboxylic acids is 1. The van der Waals surface area contributed by atoms with Crippen LogP contribution in [-0.2, 0) is 21.2 Å². The fraction of sp³-hybridized carbons (Fsp3) is 0.435. The number of nitrogens with zero attached hydrogens (tertiary/aromatic N) is 1. The van der Waals surface area contributed by atoms with E-state index in [4.69, 9.17) is 21.1 Å². The number of hydrogen-bond donors (Lipinski definition) is 1. The van der Waals surface area contributed by atoms with E-state index in [1.54, 1.807) is 42.5 Å². The van der Waals surface area contributed by atoms with Crippen LogP contribution in [-0.4, -0.2) is 52.0 Å². The number of sulfonamides is 1. The zero-order valence-corrected chi connectivity index (χ0v) is 19.8. The number of methoxy groups -OCH3 is 1. The highest BCUT2D eigenvalue weighted by molar-refractivity contribution is 7.89. The number of piperidine rings is 1. The van der Waals surface area contributed by atoms with Crippen LogP contribution < -0.4 is 14.8 Å². The summed E-state index contributed by atoms with van der Waals surface area (Å²) < 4.78 is 38.4. The van der Waals surface area contributed by atoms with Crippen LogP contribution in [0, 0.1) is 0 Å². The van der Waals surface area contributed by atoms with Crippen molar-refractivity contribution >= 4 is 27.5 Å². The van der Waals surface area contributed by atoms with Gasteiger partial charge in [-0.05, 0) is 67.3 Å². The van der Waals surface area contributed by atoms with E-state index in [2.05, 4.69) is 5.32 Å². The van der Waals surface area contributed by atoms with Crippen LogP contribution in [0.2, 0.25) is 5.02 Å². The first kappa shape index (κ1) is 24.4. The normalized spacial score (nSPS) is 14.7. The summed E-state index contributed by atoms with van der Waals surface area (Å²) in [6.45, 7) is 1.79. The lowest BCUT2D eigenvalue weighted by Gasteiger charge is -2.26. The van der Waals surface area contributed by atoms with Crippen molar-refractivity contribution in [3.8, 4) is 11.5 Å². The monoisotopic (exact) mass is 480 g/mol. The molecular formula is C23H29ClN2O5S. The van der Waals surface area contributed by atoms with Crippen molar-refractivity contribution in [2.45, 2.75) is 37.0 Å². The van der Waals surface area contributed by atoms with Gasteiger partial charge in [0.2, 0.25) is 15.9 Å². The SMILES string of the molecule is COc1ccc(S(=O)(=O)N2CCCCC2)cc1CCC(=O)NCCOc1ccc(Cl)cc1. The molecular weight excluding hydrogens is 452 g/mol. The minimum absolute atomic E-state index is 0.143. The van der Waals surface area contributed by atoms with Crippen molar-refractivity contribution in [2.24, 2.45) is 0 Å².